The second-order valence-electron chi connectivity index (χ2n) is 7.55. The van der Waals surface area contributed by atoms with Crippen molar-refractivity contribution in [2.75, 3.05) is 18.0 Å². The van der Waals surface area contributed by atoms with Gasteiger partial charge in [0, 0.05) is 49.4 Å². The van der Waals surface area contributed by atoms with Crippen LogP contribution < -0.4 is 15.6 Å². The van der Waals surface area contributed by atoms with Gasteiger partial charge in [-0.15, -0.1) is 0 Å². The van der Waals surface area contributed by atoms with Crippen LogP contribution in [-0.2, 0) is 4.79 Å². The van der Waals surface area contributed by atoms with Crippen molar-refractivity contribution in [2.24, 2.45) is 0 Å². The molecule has 1 aliphatic carbocycles. The van der Waals surface area contributed by atoms with Crippen molar-refractivity contribution in [1.29, 1.82) is 0 Å². The number of fused-ring (bicyclic) bond motifs is 1. The van der Waals surface area contributed by atoms with Gasteiger partial charge in [0.1, 0.15) is 5.56 Å². The minimum absolute atomic E-state index is 0.0270. The first-order valence-corrected chi connectivity index (χ1v) is 9.30. The highest BCUT2D eigenvalue weighted by atomic mass is 16.4. The Labute approximate surface area is 156 Å². The monoisotopic (exact) mass is 369 g/mol. The van der Waals surface area contributed by atoms with E-state index in [4.69, 9.17) is 0 Å². The molecule has 7 heteroatoms. The molecular formula is C20H23N3O4. The fourth-order valence-corrected chi connectivity index (χ4v) is 4.13. The maximum absolute atomic E-state index is 12.7. The third kappa shape index (κ3) is 3.07. The minimum atomic E-state index is -1.18. The van der Waals surface area contributed by atoms with Crippen LogP contribution in [0.1, 0.15) is 48.1 Å². The van der Waals surface area contributed by atoms with Gasteiger partial charge in [0.25, 0.3) is 0 Å². The molecular weight excluding hydrogens is 346 g/mol. The van der Waals surface area contributed by atoms with E-state index in [-0.39, 0.29) is 23.6 Å². The molecule has 27 heavy (non-hydrogen) atoms. The molecule has 0 unspecified atom stereocenters. The standard InChI is InChI=1S/C20H23N3O4/c1-11-17(22-8-7-13(9-22)21-12(2)24)6-5-15-18(11)23(14-3-4-14)10-16(19(15)25)20(26)27/h5-6,10,13-14H,3-4,7-9H2,1-2H3,(H,21,24)(H,26,27)/t13-/m0/s1. The van der Waals surface area contributed by atoms with Crippen LogP contribution in [0, 0.1) is 6.92 Å². The molecule has 0 bridgehead atoms. The first kappa shape index (κ1) is 17.6. The summed E-state index contributed by atoms with van der Waals surface area (Å²) in [6, 6.07) is 4.03. The van der Waals surface area contributed by atoms with E-state index in [0.29, 0.717) is 5.39 Å². The second kappa shape index (κ2) is 6.40. The maximum Gasteiger partial charge on any atom is 0.341 e. The molecule has 1 aliphatic heterocycles. The number of carboxylic acids is 1. The van der Waals surface area contributed by atoms with Gasteiger partial charge < -0.3 is 19.9 Å². The highest BCUT2D eigenvalue weighted by molar-refractivity contribution is 5.95. The van der Waals surface area contributed by atoms with Crippen molar-refractivity contribution in [3.8, 4) is 0 Å². The van der Waals surface area contributed by atoms with Crippen molar-refractivity contribution < 1.29 is 14.7 Å². The molecule has 7 nitrogen and oxygen atoms in total. The number of rotatable bonds is 4. The van der Waals surface area contributed by atoms with Crippen molar-refractivity contribution in [1.82, 2.24) is 9.88 Å². The average Bonchev–Trinajstić information content (AvgIpc) is 3.35. The molecule has 1 atom stereocenters. The lowest BCUT2D eigenvalue weighted by Crippen LogP contribution is -2.35. The zero-order valence-corrected chi connectivity index (χ0v) is 15.5. The summed E-state index contributed by atoms with van der Waals surface area (Å²) in [5.74, 6) is -1.21. The van der Waals surface area contributed by atoms with Crippen LogP contribution in [0.25, 0.3) is 10.9 Å². The smallest absolute Gasteiger partial charge is 0.341 e. The van der Waals surface area contributed by atoms with E-state index in [1.165, 1.54) is 13.1 Å². The first-order chi connectivity index (χ1) is 12.9. The van der Waals surface area contributed by atoms with Gasteiger partial charge in [0.15, 0.2) is 0 Å². The number of carbonyl (C=O) groups excluding carboxylic acids is 1. The summed E-state index contributed by atoms with van der Waals surface area (Å²) < 4.78 is 1.97. The van der Waals surface area contributed by atoms with Crippen LogP contribution >= 0.6 is 0 Å². The molecule has 1 saturated carbocycles. The number of aromatic nitrogens is 1. The number of hydrogen-bond acceptors (Lipinski definition) is 4. The molecule has 142 valence electrons. The van der Waals surface area contributed by atoms with Gasteiger partial charge in [-0.2, -0.15) is 0 Å². The fraction of sp³-hybridized carbons (Fsp3) is 0.450. The zero-order chi connectivity index (χ0) is 19.3. The van der Waals surface area contributed by atoms with Crippen molar-refractivity contribution in [3.05, 3.63) is 39.7 Å². The summed E-state index contributed by atoms with van der Waals surface area (Å²) in [6.45, 7) is 5.07. The number of anilines is 1. The molecule has 2 N–H and O–H groups in total. The number of carboxylic acid groups (broad SMARTS) is 1. The Morgan fingerprint density at radius 2 is 1.96 bits per heavy atom. The van der Waals surface area contributed by atoms with Crippen LogP contribution in [0.15, 0.2) is 23.1 Å². The number of hydrogen-bond donors (Lipinski definition) is 2. The molecule has 1 saturated heterocycles. The number of nitrogens with zero attached hydrogens (tertiary/aromatic N) is 2. The van der Waals surface area contributed by atoms with Gasteiger partial charge in [0.2, 0.25) is 11.3 Å². The number of benzene rings is 1. The Morgan fingerprint density at radius 1 is 1.22 bits per heavy atom. The van der Waals surface area contributed by atoms with Gasteiger partial charge in [0.05, 0.1) is 5.52 Å². The highest BCUT2D eigenvalue weighted by Gasteiger charge is 2.29. The third-order valence-corrected chi connectivity index (χ3v) is 5.53. The summed E-state index contributed by atoms with van der Waals surface area (Å²) >= 11 is 0. The maximum atomic E-state index is 12.7. The Balaban J connectivity index is 1.81. The largest absolute Gasteiger partial charge is 0.477 e. The summed E-state index contributed by atoms with van der Waals surface area (Å²) in [6.07, 6.45) is 4.38. The van der Waals surface area contributed by atoms with Crippen LogP contribution in [0.2, 0.25) is 0 Å². The number of amides is 1. The number of aryl methyl sites for hydroxylation is 1. The highest BCUT2D eigenvalue weighted by Crippen LogP contribution is 2.39. The number of nitrogens with one attached hydrogen (secondary N) is 1. The number of pyridine rings is 1. The van der Waals surface area contributed by atoms with E-state index in [2.05, 4.69) is 10.2 Å². The van der Waals surface area contributed by atoms with Gasteiger partial charge in [-0.05, 0) is 43.9 Å². The minimum Gasteiger partial charge on any atom is -0.477 e. The average molecular weight is 369 g/mol. The molecule has 1 aromatic carbocycles. The van der Waals surface area contributed by atoms with E-state index in [1.54, 1.807) is 6.07 Å². The van der Waals surface area contributed by atoms with Crippen LogP contribution in [0.3, 0.4) is 0 Å². The predicted molar refractivity (Wildman–Crippen MR) is 103 cm³/mol. The van der Waals surface area contributed by atoms with Crippen molar-refractivity contribution in [3.63, 3.8) is 0 Å². The van der Waals surface area contributed by atoms with Crippen molar-refractivity contribution >= 4 is 28.5 Å². The molecule has 2 aliphatic rings. The second-order valence-corrected chi connectivity index (χ2v) is 7.55. The zero-order valence-electron chi connectivity index (χ0n) is 15.5. The van der Waals surface area contributed by atoms with Gasteiger partial charge >= 0.3 is 5.97 Å². The topological polar surface area (TPSA) is 91.6 Å². The molecule has 0 spiro atoms. The Morgan fingerprint density at radius 3 is 2.59 bits per heavy atom. The fourth-order valence-electron chi connectivity index (χ4n) is 4.13. The molecule has 1 amide bonds. The Bertz CT molecular complexity index is 1010. The van der Waals surface area contributed by atoms with Crippen LogP contribution in [0.4, 0.5) is 5.69 Å². The van der Waals surface area contributed by atoms with Gasteiger partial charge in [-0.25, -0.2) is 4.79 Å². The lowest BCUT2D eigenvalue weighted by atomic mass is 10.0. The summed E-state index contributed by atoms with van der Waals surface area (Å²) in [5.41, 5.74) is 2.24. The molecule has 4 rings (SSSR count). The van der Waals surface area contributed by atoms with E-state index < -0.39 is 11.4 Å². The SMILES string of the molecule is CC(=O)N[C@H]1CCN(c2ccc3c(=O)c(C(=O)O)cn(C4CC4)c3c2C)C1. The number of carbonyl (C=O) groups is 2. The van der Waals surface area contributed by atoms with Crippen LogP contribution in [0.5, 0.6) is 0 Å². The van der Waals surface area contributed by atoms with Crippen LogP contribution in [-0.4, -0.2) is 40.7 Å². The predicted octanol–water partition coefficient (Wildman–Crippen LogP) is 2.06. The summed E-state index contributed by atoms with van der Waals surface area (Å²) in [5, 5.41) is 12.8. The quantitative estimate of drug-likeness (QED) is 0.861. The molecule has 2 fully saturated rings. The van der Waals surface area contributed by atoms with E-state index in [1.807, 2.05) is 17.6 Å². The molecule has 2 heterocycles. The van der Waals surface area contributed by atoms with Gasteiger partial charge in [-0.3, -0.25) is 9.59 Å². The van der Waals surface area contributed by atoms with E-state index in [9.17, 15) is 19.5 Å². The van der Waals surface area contributed by atoms with E-state index in [0.717, 1.165) is 49.1 Å². The summed E-state index contributed by atoms with van der Waals surface area (Å²) in [7, 11) is 0. The lowest BCUT2D eigenvalue weighted by Gasteiger charge is -2.23. The lowest BCUT2D eigenvalue weighted by molar-refractivity contribution is -0.119. The van der Waals surface area contributed by atoms with E-state index >= 15 is 0 Å². The Kier molecular flexibility index (Phi) is 4.17. The molecule has 2 aromatic rings. The first-order valence-electron chi connectivity index (χ1n) is 9.30. The third-order valence-electron chi connectivity index (χ3n) is 5.53. The normalized spacial score (nSPS) is 19.5. The summed E-state index contributed by atoms with van der Waals surface area (Å²) in [4.78, 5) is 37.7. The van der Waals surface area contributed by atoms with Gasteiger partial charge in [-0.1, -0.05) is 0 Å². The Hall–Kier alpha value is -2.83. The van der Waals surface area contributed by atoms with Crippen molar-refractivity contribution in [2.45, 2.75) is 45.2 Å². The molecule has 1 aromatic heterocycles. The molecule has 0 radical (unpaired) electrons. The number of aromatic carboxylic acids is 1.